The molecule has 0 spiro atoms. The number of hydrogen-bond donors (Lipinski definition) is 5. The van der Waals surface area contributed by atoms with Crippen molar-refractivity contribution in [3.63, 3.8) is 0 Å². The second-order valence-electron chi connectivity index (χ2n) is 10.1. The number of ether oxygens (including phenoxy) is 1. The van der Waals surface area contributed by atoms with Gasteiger partial charge in [0.05, 0.1) is 24.9 Å². The molecule has 1 aromatic rings. The SMILES string of the molecule is CNCC(NC(=O)N1CCCC(C(OCCNC(=O)O)c2cc(F)cc(F)c2)C1)C(O)C1CCCCC1. The van der Waals surface area contributed by atoms with Crippen LogP contribution in [0.15, 0.2) is 18.2 Å². The number of piperidine rings is 1. The number of benzene rings is 1. The first-order chi connectivity index (χ1) is 17.8. The molecule has 0 aromatic heterocycles. The molecule has 1 saturated carbocycles. The summed E-state index contributed by atoms with van der Waals surface area (Å²) in [6.45, 7) is 1.28. The van der Waals surface area contributed by atoms with Crippen molar-refractivity contribution < 1.29 is 33.3 Å². The molecule has 0 bridgehead atoms. The standard InChI is InChI=1S/C26H40F2N4O5/c1-29-15-22(23(33)17-6-3-2-4-7-17)31-25(34)32-10-5-8-18(16-32)24(37-11-9-30-26(35)36)19-12-20(27)14-21(28)13-19/h12-14,17-18,22-24,29-30,33H,2-11,15-16H2,1H3,(H,31,34)(H,35,36). The van der Waals surface area contributed by atoms with Gasteiger partial charge < -0.3 is 35.8 Å². The summed E-state index contributed by atoms with van der Waals surface area (Å²) >= 11 is 0. The molecule has 9 nitrogen and oxygen atoms in total. The summed E-state index contributed by atoms with van der Waals surface area (Å²) in [6.07, 6.45) is 4.01. The summed E-state index contributed by atoms with van der Waals surface area (Å²) in [6, 6.07) is 2.47. The van der Waals surface area contributed by atoms with Crippen LogP contribution in [0.25, 0.3) is 0 Å². The summed E-state index contributed by atoms with van der Waals surface area (Å²) in [5.41, 5.74) is 0.306. The third kappa shape index (κ3) is 8.79. The van der Waals surface area contributed by atoms with Crippen LogP contribution < -0.4 is 16.0 Å². The highest BCUT2D eigenvalue weighted by Gasteiger charge is 2.34. The van der Waals surface area contributed by atoms with Crippen LogP contribution in [0.4, 0.5) is 18.4 Å². The lowest BCUT2D eigenvalue weighted by molar-refractivity contribution is -0.00956. The molecule has 208 valence electrons. The minimum absolute atomic E-state index is 0.00954. The van der Waals surface area contributed by atoms with Gasteiger partial charge in [-0.05, 0) is 56.3 Å². The van der Waals surface area contributed by atoms with Gasteiger partial charge in [-0.15, -0.1) is 0 Å². The van der Waals surface area contributed by atoms with E-state index in [1.54, 1.807) is 11.9 Å². The monoisotopic (exact) mass is 526 g/mol. The van der Waals surface area contributed by atoms with Crippen LogP contribution in [0.1, 0.15) is 56.6 Å². The van der Waals surface area contributed by atoms with E-state index in [4.69, 9.17) is 9.84 Å². The number of likely N-dealkylation sites (tertiary alicyclic amines) is 1. The Balaban J connectivity index is 1.69. The number of nitrogens with one attached hydrogen (secondary N) is 3. The lowest BCUT2D eigenvalue weighted by atomic mass is 9.82. The first-order valence-corrected chi connectivity index (χ1v) is 13.2. The van der Waals surface area contributed by atoms with Crippen LogP contribution in [-0.4, -0.2) is 79.2 Å². The van der Waals surface area contributed by atoms with Gasteiger partial charge in [0.2, 0.25) is 0 Å². The number of carbonyl (C=O) groups excluding carboxylic acids is 1. The molecule has 5 N–H and O–H groups in total. The fourth-order valence-electron chi connectivity index (χ4n) is 5.56. The molecule has 37 heavy (non-hydrogen) atoms. The average Bonchev–Trinajstić information content (AvgIpc) is 2.87. The predicted molar refractivity (Wildman–Crippen MR) is 134 cm³/mol. The average molecular weight is 527 g/mol. The number of aliphatic hydroxyl groups is 1. The van der Waals surface area contributed by atoms with Crippen molar-refractivity contribution in [1.82, 2.24) is 20.9 Å². The molecule has 3 rings (SSSR count). The van der Waals surface area contributed by atoms with Crippen molar-refractivity contribution in [2.45, 2.75) is 63.2 Å². The first kappa shape index (κ1) is 29.1. The highest BCUT2D eigenvalue weighted by atomic mass is 19.1. The first-order valence-electron chi connectivity index (χ1n) is 13.2. The molecule has 1 saturated heterocycles. The maximum absolute atomic E-state index is 14.0. The number of nitrogens with zero attached hydrogens (tertiary/aromatic N) is 1. The van der Waals surface area contributed by atoms with E-state index in [1.807, 2.05) is 0 Å². The van der Waals surface area contributed by atoms with Gasteiger partial charge in [0, 0.05) is 38.2 Å². The number of carbonyl (C=O) groups is 2. The lowest BCUT2D eigenvalue weighted by Crippen LogP contribution is -2.56. The highest BCUT2D eigenvalue weighted by molar-refractivity contribution is 5.74. The van der Waals surface area contributed by atoms with Gasteiger partial charge >= 0.3 is 12.1 Å². The van der Waals surface area contributed by atoms with Crippen molar-refractivity contribution in [3.05, 3.63) is 35.4 Å². The Morgan fingerprint density at radius 2 is 1.76 bits per heavy atom. The third-order valence-corrected chi connectivity index (χ3v) is 7.34. The van der Waals surface area contributed by atoms with Crippen LogP contribution in [0, 0.1) is 23.5 Å². The van der Waals surface area contributed by atoms with Gasteiger partial charge in [-0.3, -0.25) is 0 Å². The molecule has 1 aliphatic carbocycles. The van der Waals surface area contributed by atoms with E-state index in [0.29, 0.717) is 38.0 Å². The summed E-state index contributed by atoms with van der Waals surface area (Å²) in [5.74, 6) is -1.56. The molecule has 4 unspecified atom stereocenters. The quantitative estimate of drug-likeness (QED) is 0.282. The van der Waals surface area contributed by atoms with Gasteiger partial charge in [-0.1, -0.05) is 19.3 Å². The Morgan fingerprint density at radius 1 is 1.08 bits per heavy atom. The number of hydrogen-bond acceptors (Lipinski definition) is 5. The zero-order valence-corrected chi connectivity index (χ0v) is 21.4. The van der Waals surface area contributed by atoms with Crippen LogP contribution in [0.5, 0.6) is 0 Å². The smallest absolute Gasteiger partial charge is 0.404 e. The zero-order chi connectivity index (χ0) is 26.8. The van der Waals surface area contributed by atoms with Gasteiger partial charge in [0.1, 0.15) is 11.6 Å². The highest BCUT2D eigenvalue weighted by Crippen LogP contribution is 2.34. The van der Waals surface area contributed by atoms with Gasteiger partial charge in [-0.25, -0.2) is 18.4 Å². The van der Waals surface area contributed by atoms with E-state index < -0.39 is 36.0 Å². The lowest BCUT2D eigenvalue weighted by Gasteiger charge is -2.39. The third-order valence-electron chi connectivity index (χ3n) is 7.34. The summed E-state index contributed by atoms with van der Waals surface area (Å²) < 4.78 is 33.9. The topological polar surface area (TPSA) is 123 Å². The Labute approximate surface area is 216 Å². The van der Waals surface area contributed by atoms with Crippen molar-refractivity contribution in [2.24, 2.45) is 11.8 Å². The minimum Gasteiger partial charge on any atom is -0.465 e. The molecule has 1 aromatic carbocycles. The molecule has 1 heterocycles. The largest absolute Gasteiger partial charge is 0.465 e. The second-order valence-corrected chi connectivity index (χ2v) is 10.1. The number of halogens is 2. The Kier molecular flexibility index (Phi) is 11.3. The minimum atomic E-state index is -1.19. The van der Waals surface area contributed by atoms with E-state index in [1.165, 1.54) is 18.6 Å². The van der Waals surface area contributed by atoms with E-state index in [9.17, 15) is 23.5 Å². The van der Waals surface area contributed by atoms with E-state index in [-0.39, 0.29) is 31.0 Å². The van der Waals surface area contributed by atoms with E-state index in [2.05, 4.69) is 16.0 Å². The Hall–Kier alpha value is -2.50. The van der Waals surface area contributed by atoms with Crippen molar-refractivity contribution in [3.8, 4) is 0 Å². The van der Waals surface area contributed by atoms with Gasteiger partial charge in [0.15, 0.2) is 0 Å². The fourth-order valence-corrected chi connectivity index (χ4v) is 5.56. The predicted octanol–water partition coefficient (Wildman–Crippen LogP) is 3.24. The zero-order valence-electron chi connectivity index (χ0n) is 21.4. The molecule has 2 aliphatic rings. The Morgan fingerprint density at radius 3 is 2.41 bits per heavy atom. The van der Waals surface area contributed by atoms with Crippen LogP contribution >= 0.6 is 0 Å². The number of likely N-dealkylation sites (N-methyl/N-ethyl adjacent to an activating group) is 1. The van der Waals surface area contributed by atoms with Gasteiger partial charge in [0.25, 0.3) is 0 Å². The summed E-state index contributed by atoms with van der Waals surface area (Å²) in [4.78, 5) is 25.7. The maximum Gasteiger partial charge on any atom is 0.404 e. The van der Waals surface area contributed by atoms with Crippen molar-refractivity contribution in [2.75, 3.05) is 39.8 Å². The number of rotatable bonds is 11. The van der Waals surface area contributed by atoms with Crippen molar-refractivity contribution in [1.29, 1.82) is 0 Å². The van der Waals surface area contributed by atoms with E-state index in [0.717, 1.165) is 31.7 Å². The molecular formula is C26H40F2N4O5. The van der Waals surface area contributed by atoms with Crippen LogP contribution in [0.3, 0.4) is 0 Å². The summed E-state index contributed by atoms with van der Waals surface area (Å²) in [7, 11) is 1.78. The van der Waals surface area contributed by atoms with Crippen LogP contribution in [0.2, 0.25) is 0 Å². The van der Waals surface area contributed by atoms with E-state index >= 15 is 0 Å². The Bertz CT molecular complexity index is 866. The number of urea groups is 1. The molecule has 3 amide bonds. The van der Waals surface area contributed by atoms with Crippen LogP contribution in [-0.2, 0) is 4.74 Å². The second kappa shape index (κ2) is 14.4. The van der Waals surface area contributed by atoms with Crippen molar-refractivity contribution >= 4 is 12.1 Å². The maximum atomic E-state index is 14.0. The van der Waals surface area contributed by atoms with Gasteiger partial charge in [-0.2, -0.15) is 0 Å². The molecule has 0 radical (unpaired) electrons. The number of amides is 3. The molecule has 11 heteroatoms. The fraction of sp³-hybridized carbons (Fsp3) is 0.692. The molecule has 1 aliphatic heterocycles. The normalized spacial score (nSPS) is 21.2. The number of aliphatic hydroxyl groups excluding tert-OH is 1. The molecule has 4 atom stereocenters. The molecular weight excluding hydrogens is 486 g/mol. The summed E-state index contributed by atoms with van der Waals surface area (Å²) in [5, 5.41) is 28.1. The number of carboxylic acid groups (broad SMARTS) is 1. The molecule has 2 fully saturated rings.